The van der Waals surface area contributed by atoms with Crippen molar-refractivity contribution < 1.29 is 48.8 Å². The van der Waals surface area contributed by atoms with Crippen LogP contribution in [0.1, 0.15) is 0 Å². The summed E-state index contributed by atoms with van der Waals surface area (Å²) in [5.41, 5.74) is 0. The van der Waals surface area contributed by atoms with Gasteiger partial charge in [0.2, 0.25) is 0 Å². The number of hydrogen-bond donors (Lipinski definition) is 4. The first-order chi connectivity index (χ1) is 3.46. The third kappa shape index (κ3) is 314. The van der Waals surface area contributed by atoms with Crippen molar-refractivity contribution in [3.63, 3.8) is 0 Å². The summed E-state index contributed by atoms with van der Waals surface area (Å²) in [5, 5.41) is 0. The maximum absolute atomic E-state index is 8.70. The molecule has 0 aromatic rings. The van der Waals surface area contributed by atoms with Gasteiger partial charge in [-0.3, -0.25) is 0 Å². The van der Waals surface area contributed by atoms with Crippen LogP contribution in [-0.2, 0) is 19.5 Å². The third-order valence-corrected chi connectivity index (χ3v) is 0. The zero-order valence-corrected chi connectivity index (χ0v) is 8.96. The van der Waals surface area contributed by atoms with Crippen molar-refractivity contribution in [2.24, 2.45) is 0 Å². The Morgan fingerprint density at radius 3 is 0.778 bits per heavy atom. The molecule has 0 unspecified atom stereocenters. The summed E-state index contributed by atoms with van der Waals surface area (Å²) >= 11 is 0. The zero-order chi connectivity index (χ0) is 7.15. The predicted molar refractivity (Wildman–Crippen MR) is 22.7 cm³/mol. The van der Waals surface area contributed by atoms with E-state index >= 15 is 0 Å². The molecule has 0 rings (SSSR count). The van der Waals surface area contributed by atoms with E-state index in [1.165, 1.54) is 0 Å². The van der Waals surface area contributed by atoms with Crippen LogP contribution in [-0.4, -0.2) is 19.6 Å². The Labute approximate surface area is 66.5 Å². The molecule has 9 heavy (non-hydrogen) atoms. The maximum Gasteiger partial charge on any atom is 2.00 e. The Bertz CT molecular complexity index is 26.5. The molecular formula is H4O6P2Zn. The fraction of sp³-hybridized carbons (Fsp3) is 0. The van der Waals surface area contributed by atoms with Crippen molar-refractivity contribution in [3.8, 4) is 0 Å². The Kier molecular flexibility index (Phi) is 22.2. The maximum atomic E-state index is 8.70. The van der Waals surface area contributed by atoms with Gasteiger partial charge in [-0.05, 0) is 0 Å². The Balaban J connectivity index is -0.0000000720. The van der Waals surface area contributed by atoms with Crippen molar-refractivity contribution in [3.05, 3.63) is 0 Å². The molecule has 0 aromatic heterocycles. The van der Waals surface area contributed by atoms with Gasteiger partial charge in [0.25, 0.3) is 0 Å². The van der Waals surface area contributed by atoms with E-state index in [1.54, 1.807) is 0 Å². The minimum absolute atomic E-state index is 0. The van der Waals surface area contributed by atoms with Crippen LogP contribution >= 0.6 is 17.2 Å². The van der Waals surface area contributed by atoms with Gasteiger partial charge in [-0.1, -0.05) is 0 Å². The zero-order valence-electron chi connectivity index (χ0n) is 4.21. The van der Waals surface area contributed by atoms with Gasteiger partial charge in [-0.15, -0.1) is 0 Å². The summed E-state index contributed by atoms with van der Waals surface area (Å²) < 4.78 is 0. The molecule has 0 saturated carbocycles. The van der Waals surface area contributed by atoms with Crippen LogP contribution in [0.25, 0.3) is 0 Å². The van der Waals surface area contributed by atoms with Crippen LogP contribution in [0.5, 0.6) is 0 Å². The van der Waals surface area contributed by atoms with Gasteiger partial charge in [0.15, 0.2) is 0 Å². The molecule has 0 aliphatic carbocycles. The first-order valence-electron chi connectivity index (χ1n) is 1.17. The van der Waals surface area contributed by atoms with Crippen molar-refractivity contribution in [2.75, 3.05) is 0 Å². The molecule has 0 atom stereocenters. The van der Waals surface area contributed by atoms with Crippen LogP contribution in [0, 0.1) is 0 Å². The molecule has 6 nitrogen and oxygen atoms in total. The molecule has 0 aliphatic rings. The average Bonchev–Trinajstić information content (AvgIpc) is 1.25. The Morgan fingerprint density at radius 2 is 0.778 bits per heavy atom. The van der Waals surface area contributed by atoms with Crippen LogP contribution < -0.4 is 9.79 Å². The summed E-state index contributed by atoms with van der Waals surface area (Å²) in [6.45, 7) is 0. The van der Waals surface area contributed by atoms with Crippen molar-refractivity contribution >= 4 is 17.2 Å². The summed E-state index contributed by atoms with van der Waals surface area (Å²) in [6.07, 6.45) is 0. The molecule has 0 radical (unpaired) electrons. The normalized spacial score (nSPS) is 8.00. The van der Waals surface area contributed by atoms with Crippen LogP contribution in [0.4, 0.5) is 0 Å². The molecule has 4 N–H and O–H groups in total. The summed E-state index contributed by atoms with van der Waals surface area (Å²) in [5.74, 6) is 0. The average molecular weight is 227 g/mol. The standard InChI is InChI=1S/2H2O3P.Zn/c2*1-4(2)3;/h2*1-2H;/q2*-1;+2. The van der Waals surface area contributed by atoms with Gasteiger partial charge in [0.05, 0.1) is 17.2 Å². The molecule has 0 spiro atoms. The Morgan fingerprint density at radius 1 is 0.778 bits per heavy atom. The largest absolute Gasteiger partial charge is 2.00 e. The molecular weight excluding hydrogens is 223 g/mol. The van der Waals surface area contributed by atoms with Gasteiger partial charge in [0, 0.05) is 0 Å². The van der Waals surface area contributed by atoms with Gasteiger partial charge in [0.1, 0.15) is 0 Å². The first-order valence-corrected chi connectivity index (χ1v) is 3.50. The van der Waals surface area contributed by atoms with Crippen LogP contribution in [0.15, 0.2) is 0 Å². The van der Waals surface area contributed by atoms with E-state index in [0.717, 1.165) is 0 Å². The van der Waals surface area contributed by atoms with E-state index in [2.05, 4.69) is 0 Å². The first kappa shape index (κ1) is 16.7. The number of hydrogen-bond acceptors (Lipinski definition) is 6. The van der Waals surface area contributed by atoms with Crippen molar-refractivity contribution in [2.45, 2.75) is 0 Å². The van der Waals surface area contributed by atoms with Gasteiger partial charge >= 0.3 is 19.5 Å². The van der Waals surface area contributed by atoms with E-state index in [0.29, 0.717) is 0 Å². The summed E-state index contributed by atoms with van der Waals surface area (Å²) in [6, 6.07) is 0. The van der Waals surface area contributed by atoms with Crippen molar-refractivity contribution in [1.82, 2.24) is 0 Å². The summed E-state index contributed by atoms with van der Waals surface area (Å²) in [4.78, 5) is 45.9. The second-order valence-electron chi connectivity index (χ2n) is 0.505. The second kappa shape index (κ2) is 12.0. The molecule has 0 saturated heterocycles. The Hall–Kier alpha value is 1.24. The molecule has 0 aromatic carbocycles. The third-order valence-electron chi connectivity index (χ3n) is 0. The van der Waals surface area contributed by atoms with E-state index in [1.807, 2.05) is 0 Å². The van der Waals surface area contributed by atoms with E-state index in [-0.39, 0.29) is 19.5 Å². The second-order valence-corrected chi connectivity index (χ2v) is 1.52. The van der Waals surface area contributed by atoms with E-state index in [9.17, 15) is 0 Å². The predicted octanol–water partition coefficient (Wildman–Crippen LogP) is -2.89. The molecule has 9 heteroatoms. The van der Waals surface area contributed by atoms with Gasteiger partial charge in [-0.2, -0.15) is 0 Å². The molecule has 0 bridgehead atoms. The fourth-order valence-electron chi connectivity index (χ4n) is 0. The quantitative estimate of drug-likeness (QED) is 0.260. The van der Waals surface area contributed by atoms with E-state index < -0.39 is 17.2 Å². The molecule has 0 heterocycles. The summed E-state index contributed by atoms with van der Waals surface area (Å²) in [7, 11) is -5.74. The monoisotopic (exact) mass is 226 g/mol. The topological polar surface area (TPSA) is 127 Å². The fourth-order valence-corrected chi connectivity index (χ4v) is 0. The molecule has 52 valence electrons. The van der Waals surface area contributed by atoms with E-state index in [4.69, 9.17) is 29.4 Å². The van der Waals surface area contributed by atoms with Gasteiger partial charge in [-0.25, -0.2) is 0 Å². The number of rotatable bonds is 0. The molecule has 0 aliphatic heterocycles. The SMILES string of the molecule is [O-]P(O)O.[O-]P(O)O.[Zn+2]. The van der Waals surface area contributed by atoms with Crippen molar-refractivity contribution in [1.29, 1.82) is 0 Å². The smallest absolute Gasteiger partial charge is 0.786 e. The van der Waals surface area contributed by atoms with Crippen LogP contribution in [0.2, 0.25) is 0 Å². The minimum atomic E-state index is -2.87. The van der Waals surface area contributed by atoms with Crippen LogP contribution in [0.3, 0.4) is 0 Å². The van der Waals surface area contributed by atoms with Gasteiger partial charge < -0.3 is 29.4 Å². The molecule has 0 amide bonds. The molecule has 0 fully saturated rings. The minimum Gasteiger partial charge on any atom is -0.786 e.